The Morgan fingerprint density at radius 2 is 1.96 bits per heavy atom. The van der Waals surface area contributed by atoms with Gasteiger partial charge in [-0.2, -0.15) is 0 Å². The van der Waals surface area contributed by atoms with Gasteiger partial charge < -0.3 is 10.1 Å². The molecule has 1 heterocycles. The number of anilines is 2. The average molecular weight is 338 g/mol. The topological polar surface area (TPSA) is 58.6 Å². The number of hydrogen-bond donors (Lipinski definition) is 1. The van der Waals surface area contributed by atoms with E-state index in [4.69, 9.17) is 4.74 Å². The molecule has 2 aromatic rings. The molecule has 25 heavy (non-hydrogen) atoms. The van der Waals surface area contributed by atoms with E-state index < -0.39 is 0 Å². The van der Waals surface area contributed by atoms with Gasteiger partial charge in [0.05, 0.1) is 18.5 Å². The van der Waals surface area contributed by atoms with Crippen molar-refractivity contribution in [3.8, 4) is 5.75 Å². The molecule has 0 spiro atoms. The van der Waals surface area contributed by atoms with Crippen molar-refractivity contribution in [2.75, 3.05) is 23.9 Å². The first kappa shape index (κ1) is 17.0. The molecule has 1 aliphatic rings. The van der Waals surface area contributed by atoms with Crippen molar-refractivity contribution in [2.45, 2.75) is 26.7 Å². The van der Waals surface area contributed by atoms with Gasteiger partial charge >= 0.3 is 0 Å². The SMILES string of the molecule is COc1cc(C)c(C(=O)N2CC(=O)Nc3ccccc32)cc1C(C)C. The third-order valence-electron chi connectivity index (χ3n) is 4.44. The van der Waals surface area contributed by atoms with E-state index in [0.29, 0.717) is 16.9 Å². The van der Waals surface area contributed by atoms with Crippen LogP contribution in [0.25, 0.3) is 0 Å². The van der Waals surface area contributed by atoms with Gasteiger partial charge in [0.25, 0.3) is 5.91 Å². The van der Waals surface area contributed by atoms with Gasteiger partial charge in [-0.25, -0.2) is 0 Å². The van der Waals surface area contributed by atoms with E-state index >= 15 is 0 Å². The Balaban J connectivity index is 2.07. The molecule has 0 bridgehead atoms. The second-order valence-electron chi connectivity index (χ2n) is 6.52. The standard InChI is InChI=1S/C20H22N2O3/c1-12(2)14-10-15(13(3)9-18(14)25-4)20(24)22-11-19(23)21-16-7-5-6-8-17(16)22/h5-10,12H,11H2,1-4H3,(H,21,23). The minimum absolute atomic E-state index is 0.0122. The zero-order chi connectivity index (χ0) is 18.1. The molecular weight excluding hydrogens is 316 g/mol. The third kappa shape index (κ3) is 3.09. The van der Waals surface area contributed by atoms with Gasteiger partial charge in [-0.15, -0.1) is 0 Å². The van der Waals surface area contributed by atoms with E-state index in [1.807, 2.05) is 37.3 Å². The molecule has 130 valence electrons. The van der Waals surface area contributed by atoms with Gasteiger partial charge in [0, 0.05) is 5.56 Å². The summed E-state index contributed by atoms with van der Waals surface area (Å²) in [5.74, 6) is 0.631. The van der Waals surface area contributed by atoms with Crippen molar-refractivity contribution in [3.05, 3.63) is 53.1 Å². The number of fused-ring (bicyclic) bond motifs is 1. The molecule has 0 atom stereocenters. The maximum absolute atomic E-state index is 13.2. The van der Waals surface area contributed by atoms with Crippen LogP contribution in [0.15, 0.2) is 36.4 Å². The van der Waals surface area contributed by atoms with Gasteiger partial charge in [-0.05, 0) is 48.2 Å². The molecule has 2 amide bonds. The van der Waals surface area contributed by atoms with Crippen LogP contribution in [-0.2, 0) is 4.79 Å². The van der Waals surface area contributed by atoms with E-state index in [-0.39, 0.29) is 24.3 Å². The van der Waals surface area contributed by atoms with Crippen LogP contribution in [-0.4, -0.2) is 25.5 Å². The summed E-state index contributed by atoms with van der Waals surface area (Å²) in [7, 11) is 1.63. The molecule has 1 aliphatic heterocycles. The van der Waals surface area contributed by atoms with Crippen molar-refractivity contribution in [3.63, 3.8) is 0 Å². The van der Waals surface area contributed by atoms with Crippen molar-refractivity contribution < 1.29 is 14.3 Å². The lowest BCUT2D eigenvalue weighted by molar-refractivity contribution is -0.115. The number of amides is 2. The summed E-state index contributed by atoms with van der Waals surface area (Å²) < 4.78 is 5.45. The summed E-state index contributed by atoms with van der Waals surface area (Å²) in [5, 5.41) is 2.81. The molecular formula is C20H22N2O3. The average Bonchev–Trinajstić information content (AvgIpc) is 2.59. The van der Waals surface area contributed by atoms with E-state index in [1.54, 1.807) is 13.2 Å². The maximum atomic E-state index is 13.2. The van der Waals surface area contributed by atoms with E-state index in [2.05, 4.69) is 19.2 Å². The first-order valence-electron chi connectivity index (χ1n) is 8.31. The molecule has 0 radical (unpaired) electrons. The van der Waals surface area contributed by atoms with E-state index in [1.165, 1.54) is 4.90 Å². The summed E-state index contributed by atoms with van der Waals surface area (Å²) in [5.41, 5.74) is 3.77. The lowest BCUT2D eigenvalue weighted by Gasteiger charge is -2.30. The monoisotopic (exact) mass is 338 g/mol. The number of carbonyl (C=O) groups excluding carboxylic acids is 2. The molecule has 0 aliphatic carbocycles. The highest BCUT2D eigenvalue weighted by Crippen LogP contribution is 2.33. The number of ether oxygens (including phenoxy) is 1. The Bertz CT molecular complexity index is 843. The lowest BCUT2D eigenvalue weighted by Crippen LogP contribution is -2.42. The number of methoxy groups -OCH3 is 1. The maximum Gasteiger partial charge on any atom is 0.259 e. The number of benzene rings is 2. The second kappa shape index (κ2) is 6.59. The number of para-hydroxylation sites is 2. The van der Waals surface area contributed by atoms with Crippen LogP contribution in [0.1, 0.15) is 41.3 Å². The summed E-state index contributed by atoms with van der Waals surface area (Å²) in [6.45, 7) is 6.02. The predicted molar refractivity (Wildman–Crippen MR) is 98.6 cm³/mol. The zero-order valence-corrected chi connectivity index (χ0v) is 14.9. The Labute approximate surface area is 147 Å². The Morgan fingerprint density at radius 3 is 2.64 bits per heavy atom. The molecule has 0 saturated carbocycles. The highest BCUT2D eigenvalue weighted by molar-refractivity contribution is 6.15. The third-order valence-corrected chi connectivity index (χ3v) is 4.44. The fourth-order valence-electron chi connectivity index (χ4n) is 3.12. The van der Waals surface area contributed by atoms with Crippen LogP contribution in [0.5, 0.6) is 5.75 Å². The van der Waals surface area contributed by atoms with Crippen LogP contribution in [0.3, 0.4) is 0 Å². The fourth-order valence-corrected chi connectivity index (χ4v) is 3.12. The van der Waals surface area contributed by atoms with E-state index in [9.17, 15) is 9.59 Å². The molecule has 1 N–H and O–H groups in total. The highest BCUT2D eigenvalue weighted by atomic mass is 16.5. The quantitative estimate of drug-likeness (QED) is 0.928. The molecule has 5 heteroatoms. The normalized spacial score (nSPS) is 13.5. The summed E-state index contributed by atoms with van der Waals surface area (Å²) in [6.07, 6.45) is 0. The van der Waals surface area contributed by atoms with Crippen LogP contribution < -0.4 is 15.0 Å². The van der Waals surface area contributed by atoms with Crippen molar-refractivity contribution >= 4 is 23.2 Å². The number of aryl methyl sites for hydroxylation is 1. The number of rotatable bonds is 3. The van der Waals surface area contributed by atoms with E-state index in [0.717, 1.165) is 16.9 Å². The van der Waals surface area contributed by atoms with Crippen LogP contribution in [0, 0.1) is 6.92 Å². The number of nitrogens with one attached hydrogen (secondary N) is 1. The first-order valence-corrected chi connectivity index (χ1v) is 8.31. The largest absolute Gasteiger partial charge is 0.496 e. The Morgan fingerprint density at radius 1 is 1.24 bits per heavy atom. The number of nitrogens with zero attached hydrogens (tertiary/aromatic N) is 1. The van der Waals surface area contributed by atoms with Crippen molar-refractivity contribution in [1.29, 1.82) is 0 Å². The van der Waals surface area contributed by atoms with Crippen molar-refractivity contribution in [2.24, 2.45) is 0 Å². The van der Waals surface area contributed by atoms with Crippen LogP contribution >= 0.6 is 0 Å². The van der Waals surface area contributed by atoms with Gasteiger partial charge in [0.1, 0.15) is 12.3 Å². The second-order valence-corrected chi connectivity index (χ2v) is 6.52. The lowest BCUT2D eigenvalue weighted by atomic mass is 9.95. The molecule has 0 aromatic heterocycles. The molecule has 3 rings (SSSR count). The first-order chi connectivity index (χ1) is 11.9. The molecule has 0 saturated heterocycles. The molecule has 0 unspecified atom stereocenters. The van der Waals surface area contributed by atoms with Gasteiger partial charge in [-0.1, -0.05) is 26.0 Å². The summed E-state index contributed by atoms with van der Waals surface area (Å²) in [6, 6.07) is 11.1. The van der Waals surface area contributed by atoms with Gasteiger partial charge in [-0.3, -0.25) is 14.5 Å². The predicted octanol–water partition coefficient (Wildman–Crippen LogP) is 3.73. The van der Waals surface area contributed by atoms with Crippen molar-refractivity contribution in [1.82, 2.24) is 0 Å². The molecule has 2 aromatic carbocycles. The smallest absolute Gasteiger partial charge is 0.259 e. The van der Waals surface area contributed by atoms with Crippen LogP contribution in [0.2, 0.25) is 0 Å². The van der Waals surface area contributed by atoms with Gasteiger partial charge in [0.15, 0.2) is 0 Å². The molecule has 0 fully saturated rings. The number of hydrogen-bond acceptors (Lipinski definition) is 3. The zero-order valence-electron chi connectivity index (χ0n) is 14.9. The minimum atomic E-state index is -0.192. The molecule has 5 nitrogen and oxygen atoms in total. The Hall–Kier alpha value is -2.82. The summed E-state index contributed by atoms with van der Waals surface area (Å²) >= 11 is 0. The number of carbonyl (C=O) groups is 2. The minimum Gasteiger partial charge on any atom is -0.496 e. The highest BCUT2D eigenvalue weighted by Gasteiger charge is 2.29. The van der Waals surface area contributed by atoms with Gasteiger partial charge in [0.2, 0.25) is 5.91 Å². The Kier molecular flexibility index (Phi) is 4.49. The fraction of sp³-hybridized carbons (Fsp3) is 0.300. The van der Waals surface area contributed by atoms with Crippen LogP contribution in [0.4, 0.5) is 11.4 Å². The summed E-state index contributed by atoms with van der Waals surface area (Å²) in [4.78, 5) is 26.8.